The molecule has 39 heavy (non-hydrogen) atoms. The predicted octanol–water partition coefficient (Wildman–Crippen LogP) is 2.94. The van der Waals surface area contributed by atoms with Crippen molar-refractivity contribution < 1.29 is 29.0 Å². The number of fused-ring (bicyclic) bond motifs is 3. The third-order valence-corrected chi connectivity index (χ3v) is 7.27. The lowest BCUT2D eigenvalue weighted by Crippen LogP contribution is -2.76. The van der Waals surface area contributed by atoms with Gasteiger partial charge in [-0.05, 0) is 34.7 Å². The minimum absolute atomic E-state index is 0.0520. The van der Waals surface area contributed by atoms with Gasteiger partial charge in [-0.15, -0.1) is 0 Å². The normalized spacial score (nSPS) is 18.4. The fraction of sp³-hybridized carbons (Fsp3) is 0.267. The van der Waals surface area contributed by atoms with Crippen LogP contribution in [-0.4, -0.2) is 65.2 Å². The van der Waals surface area contributed by atoms with Crippen LogP contribution in [0.3, 0.4) is 0 Å². The highest BCUT2D eigenvalue weighted by Crippen LogP contribution is 2.44. The van der Waals surface area contributed by atoms with Crippen LogP contribution in [0.5, 0.6) is 0 Å². The summed E-state index contributed by atoms with van der Waals surface area (Å²) in [6.07, 6.45) is -0.546. The van der Waals surface area contributed by atoms with Crippen LogP contribution in [0, 0.1) is 0 Å². The first-order valence-corrected chi connectivity index (χ1v) is 12.8. The number of hydrogen-bond donors (Lipinski definition) is 3. The zero-order valence-electron chi connectivity index (χ0n) is 21.4. The molecule has 0 saturated carbocycles. The van der Waals surface area contributed by atoms with Gasteiger partial charge in [0, 0.05) is 12.3 Å². The van der Waals surface area contributed by atoms with Gasteiger partial charge < -0.3 is 25.4 Å². The molecule has 0 spiro atoms. The van der Waals surface area contributed by atoms with Gasteiger partial charge in [0.05, 0.1) is 6.54 Å². The number of alkyl carbamates (subject to hydrolysis) is 1. The Morgan fingerprint density at radius 3 is 2.15 bits per heavy atom. The first-order chi connectivity index (χ1) is 18.8. The largest absolute Gasteiger partial charge is 0.480 e. The van der Waals surface area contributed by atoms with Crippen LogP contribution in [0.2, 0.25) is 0 Å². The van der Waals surface area contributed by atoms with Crippen molar-refractivity contribution in [2.24, 2.45) is 0 Å². The van der Waals surface area contributed by atoms with Gasteiger partial charge in [0.25, 0.3) is 5.91 Å². The highest BCUT2D eigenvalue weighted by Gasteiger charge is 2.53. The molecule has 0 aromatic heterocycles. The Balaban J connectivity index is 1.21. The lowest BCUT2D eigenvalue weighted by molar-refractivity contribution is -0.161. The molecule has 3 aromatic rings. The maximum Gasteiger partial charge on any atom is 0.407 e. The number of amides is 3. The van der Waals surface area contributed by atoms with Crippen molar-refractivity contribution in [1.82, 2.24) is 15.5 Å². The molecule has 1 saturated heterocycles. The van der Waals surface area contributed by atoms with E-state index in [1.807, 2.05) is 78.9 Å². The second-order valence-electron chi connectivity index (χ2n) is 9.98. The van der Waals surface area contributed by atoms with Gasteiger partial charge in [0.15, 0.2) is 0 Å². The molecule has 2 atom stereocenters. The molecule has 9 heteroatoms. The molecule has 9 nitrogen and oxygen atoms in total. The number of ether oxygens (including phenoxy) is 1. The zero-order chi connectivity index (χ0) is 27.6. The molecular formula is C30H29N3O6. The molecule has 5 rings (SSSR count). The van der Waals surface area contributed by atoms with E-state index >= 15 is 0 Å². The van der Waals surface area contributed by atoms with Crippen LogP contribution >= 0.6 is 0 Å². The highest BCUT2D eigenvalue weighted by atomic mass is 16.5. The monoisotopic (exact) mass is 527 g/mol. The van der Waals surface area contributed by atoms with Gasteiger partial charge in [0.2, 0.25) is 5.91 Å². The number of nitrogens with one attached hydrogen (secondary N) is 2. The molecule has 0 bridgehead atoms. The molecule has 1 aliphatic carbocycles. The van der Waals surface area contributed by atoms with Crippen LogP contribution in [0.1, 0.15) is 29.5 Å². The minimum atomic E-state index is -1.29. The summed E-state index contributed by atoms with van der Waals surface area (Å²) in [5.41, 5.74) is 3.91. The first kappa shape index (κ1) is 26.0. The molecule has 0 radical (unpaired) electrons. The first-order valence-electron chi connectivity index (χ1n) is 12.8. The van der Waals surface area contributed by atoms with Crippen molar-refractivity contribution in [1.29, 1.82) is 0 Å². The smallest absolute Gasteiger partial charge is 0.407 e. The van der Waals surface area contributed by atoms with E-state index < -0.39 is 42.0 Å². The molecule has 200 valence electrons. The van der Waals surface area contributed by atoms with Crippen LogP contribution < -0.4 is 10.6 Å². The van der Waals surface area contributed by atoms with E-state index in [2.05, 4.69) is 10.6 Å². The van der Waals surface area contributed by atoms with E-state index in [1.54, 1.807) is 0 Å². The number of hydrogen-bond acceptors (Lipinski definition) is 5. The number of β-lactam (4-membered cyclic amide) rings is 1. The molecule has 1 unspecified atom stereocenters. The van der Waals surface area contributed by atoms with Gasteiger partial charge in [-0.25, -0.2) is 4.79 Å². The number of carboxylic acids is 1. The Labute approximate surface area is 225 Å². The van der Waals surface area contributed by atoms with Crippen LogP contribution in [0.4, 0.5) is 4.79 Å². The quantitative estimate of drug-likeness (QED) is 0.368. The summed E-state index contributed by atoms with van der Waals surface area (Å²) < 4.78 is 5.54. The van der Waals surface area contributed by atoms with Gasteiger partial charge in [-0.2, -0.15) is 0 Å². The Morgan fingerprint density at radius 1 is 0.974 bits per heavy atom. The van der Waals surface area contributed by atoms with Gasteiger partial charge in [-0.1, -0.05) is 78.9 Å². The van der Waals surface area contributed by atoms with Crippen molar-refractivity contribution in [2.45, 2.75) is 30.8 Å². The van der Waals surface area contributed by atoms with E-state index in [0.29, 0.717) is 0 Å². The molecule has 3 aromatic carbocycles. The van der Waals surface area contributed by atoms with E-state index in [1.165, 1.54) is 11.8 Å². The number of benzene rings is 3. The van der Waals surface area contributed by atoms with E-state index in [4.69, 9.17) is 9.84 Å². The number of aliphatic carboxylic acids is 1. The molecule has 3 amide bonds. The summed E-state index contributed by atoms with van der Waals surface area (Å²) >= 11 is 0. The van der Waals surface area contributed by atoms with E-state index in [0.717, 1.165) is 27.8 Å². The highest BCUT2D eigenvalue weighted by molar-refractivity contribution is 5.99. The summed E-state index contributed by atoms with van der Waals surface area (Å²) in [7, 11) is 0. The lowest BCUT2D eigenvalue weighted by atomic mass is 9.81. The number of likely N-dealkylation sites (tertiary alicyclic amines) is 1. The van der Waals surface area contributed by atoms with Crippen molar-refractivity contribution in [2.75, 3.05) is 19.7 Å². The number of carbonyl (C=O) groups is 4. The average molecular weight is 528 g/mol. The third-order valence-electron chi connectivity index (χ3n) is 7.27. The van der Waals surface area contributed by atoms with Crippen LogP contribution in [-0.2, 0) is 25.5 Å². The predicted molar refractivity (Wildman–Crippen MR) is 143 cm³/mol. The second kappa shape index (κ2) is 10.6. The van der Waals surface area contributed by atoms with Crippen molar-refractivity contribution in [3.8, 4) is 11.1 Å². The molecule has 1 aliphatic heterocycles. The number of rotatable bonds is 9. The topological polar surface area (TPSA) is 125 Å². The Bertz CT molecular complexity index is 1380. The number of nitrogens with zero attached hydrogens (tertiary/aromatic N) is 1. The number of carbonyl (C=O) groups excluding carboxylic acids is 3. The van der Waals surface area contributed by atoms with E-state index in [-0.39, 0.29) is 25.5 Å². The van der Waals surface area contributed by atoms with Crippen LogP contribution in [0.25, 0.3) is 11.1 Å². The molecule has 3 N–H and O–H groups in total. The third kappa shape index (κ3) is 5.20. The van der Waals surface area contributed by atoms with Crippen LogP contribution in [0.15, 0.2) is 78.9 Å². The molecule has 2 aliphatic rings. The lowest BCUT2D eigenvalue weighted by Gasteiger charge is -2.48. The molecule has 1 heterocycles. The standard InChI is InChI=1S/C30H29N3O6/c1-19(27(36)32-30(15-20-9-3-2-4-10-20)18-33(28(30)37)16-26(34)35)31-29(38)39-17-25-23-13-7-5-11-21(23)22-12-6-8-14-24(22)25/h2-14,19,25H,15-18H2,1H3,(H,31,38)(H,32,36)(H,34,35)/t19-,30?/m0/s1. The molecule has 1 fully saturated rings. The fourth-order valence-electron chi connectivity index (χ4n) is 5.41. The van der Waals surface area contributed by atoms with Crippen molar-refractivity contribution in [3.63, 3.8) is 0 Å². The fourth-order valence-corrected chi connectivity index (χ4v) is 5.41. The summed E-state index contributed by atoms with van der Waals surface area (Å²) in [4.78, 5) is 51.0. The SMILES string of the molecule is C[C@H](NC(=O)OCC1c2ccccc2-c2ccccc21)C(=O)NC1(Cc2ccccc2)CN(CC(=O)O)C1=O. The van der Waals surface area contributed by atoms with Crippen molar-refractivity contribution >= 4 is 23.9 Å². The minimum Gasteiger partial charge on any atom is -0.480 e. The van der Waals surface area contributed by atoms with Gasteiger partial charge in [-0.3, -0.25) is 14.4 Å². The summed E-state index contributed by atoms with van der Waals surface area (Å²) in [5, 5.41) is 14.4. The summed E-state index contributed by atoms with van der Waals surface area (Å²) in [6.45, 7) is 1.22. The summed E-state index contributed by atoms with van der Waals surface area (Å²) in [5.74, 6) is -2.29. The summed E-state index contributed by atoms with van der Waals surface area (Å²) in [6, 6.07) is 24.2. The average Bonchev–Trinajstić information content (AvgIpc) is 3.25. The Morgan fingerprint density at radius 2 is 1.56 bits per heavy atom. The maximum absolute atomic E-state index is 13.1. The zero-order valence-corrected chi connectivity index (χ0v) is 21.4. The number of carboxylic acid groups (broad SMARTS) is 1. The van der Waals surface area contributed by atoms with Gasteiger partial charge in [0.1, 0.15) is 24.7 Å². The second-order valence-corrected chi connectivity index (χ2v) is 9.98. The Hall–Kier alpha value is -4.66. The van der Waals surface area contributed by atoms with Crippen molar-refractivity contribution in [3.05, 3.63) is 95.6 Å². The maximum atomic E-state index is 13.1. The van der Waals surface area contributed by atoms with E-state index in [9.17, 15) is 19.2 Å². The Kier molecular flexibility index (Phi) is 7.06. The molecular weight excluding hydrogens is 498 g/mol. The van der Waals surface area contributed by atoms with Gasteiger partial charge >= 0.3 is 12.1 Å².